The van der Waals surface area contributed by atoms with Crippen LogP contribution in [0.5, 0.6) is 0 Å². The van der Waals surface area contributed by atoms with Crippen LogP contribution in [-0.2, 0) is 0 Å². The molecule has 1 heterocycles. The topological polar surface area (TPSA) is 66.1 Å². The zero-order valence-corrected chi connectivity index (χ0v) is 12.9. The highest BCUT2D eigenvalue weighted by molar-refractivity contribution is 7.80. The summed E-state index contributed by atoms with van der Waals surface area (Å²) < 4.78 is 0. The van der Waals surface area contributed by atoms with Gasteiger partial charge in [-0.15, -0.1) is 0 Å². The van der Waals surface area contributed by atoms with Gasteiger partial charge in [-0.3, -0.25) is 15.6 Å². The number of nitrogens with zero attached hydrogens (tertiary/aromatic N) is 1. The average Bonchev–Trinajstić information content (AvgIpc) is 2.48. The summed E-state index contributed by atoms with van der Waals surface area (Å²) in [4.78, 5) is 15.6. The molecule has 2 aromatic rings. The summed E-state index contributed by atoms with van der Waals surface area (Å²) in [6.07, 6.45) is 1.37. The number of amides is 1. The Kier molecular flexibility index (Phi) is 5.32. The molecular formula is C13H10Cl2N4OS. The Morgan fingerprint density at radius 1 is 1.05 bits per heavy atom. The maximum absolute atomic E-state index is 11.8. The zero-order chi connectivity index (χ0) is 15.2. The number of carbonyl (C=O) groups excluding carboxylic acids is 1. The monoisotopic (exact) mass is 340 g/mol. The number of rotatable bonds is 2. The van der Waals surface area contributed by atoms with Gasteiger partial charge in [0.25, 0.3) is 5.91 Å². The van der Waals surface area contributed by atoms with Crippen molar-refractivity contribution in [3.05, 3.63) is 58.3 Å². The molecule has 0 radical (unpaired) electrons. The lowest BCUT2D eigenvalue weighted by molar-refractivity contribution is 0.0944. The second kappa shape index (κ2) is 7.21. The number of benzene rings is 1. The number of nitrogens with one attached hydrogen (secondary N) is 3. The van der Waals surface area contributed by atoms with Crippen LogP contribution in [0.4, 0.5) is 5.69 Å². The Morgan fingerprint density at radius 3 is 2.38 bits per heavy atom. The minimum atomic E-state index is -0.376. The minimum Gasteiger partial charge on any atom is -0.331 e. The fourth-order valence-electron chi connectivity index (χ4n) is 1.39. The molecule has 3 N–H and O–H groups in total. The molecule has 21 heavy (non-hydrogen) atoms. The van der Waals surface area contributed by atoms with Crippen LogP contribution in [0.15, 0.2) is 42.6 Å². The number of halogens is 2. The second-order valence-corrected chi connectivity index (χ2v) is 5.14. The second-order valence-electron chi connectivity index (χ2n) is 3.91. The minimum absolute atomic E-state index is 0.243. The van der Waals surface area contributed by atoms with Gasteiger partial charge in [-0.05, 0) is 48.6 Å². The molecular weight excluding hydrogens is 331 g/mol. The Labute approximate surface area is 136 Å². The van der Waals surface area contributed by atoms with Crippen LogP contribution in [0, 0.1) is 0 Å². The normalized spacial score (nSPS) is 9.81. The van der Waals surface area contributed by atoms with Crippen molar-refractivity contribution in [1.82, 2.24) is 15.8 Å². The third-order valence-corrected chi connectivity index (χ3v) is 3.06. The maximum Gasteiger partial charge on any atom is 0.271 e. The van der Waals surface area contributed by atoms with Crippen molar-refractivity contribution in [2.75, 3.05) is 5.32 Å². The quantitative estimate of drug-likeness (QED) is 0.445. The number of hydrogen-bond donors (Lipinski definition) is 3. The van der Waals surface area contributed by atoms with Gasteiger partial charge in [-0.25, -0.2) is 4.98 Å². The van der Waals surface area contributed by atoms with Crippen molar-refractivity contribution < 1.29 is 4.79 Å². The zero-order valence-electron chi connectivity index (χ0n) is 10.6. The molecule has 0 spiro atoms. The van der Waals surface area contributed by atoms with E-state index in [1.807, 2.05) is 0 Å². The van der Waals surface area contributed by atoms with Crippen LogP contribution < -0.4 is 16.2 Å². The average molecular weight is 341 g/mol. The fraction of sp³-hybridized carbons (Fsp3) is 0. The van der Waals surface area contributed by atoms with E-state index in [1.165, 1.54) is 12.3 Å². The SMILES string of the molecule is O=C(NNC(=S)Nc1ccc(Cl)cc1)c1ccc(Cl)nc1. The van der Waals surface area contributed by atoms with E-state index in [1.54, 1.807) is 30.3 Å². The Bertz CT molecular complexity index is 646. The predicted molar refractivity (Wildman–Crippen MR) is 87.5 cm³/mol. The molecule has 0 saturated heterocycles. The van der Waals surface area contributed by atoms with E-state index < -0.39 is 0 Å². The Hall–Kier alpha value is -1.89. The van der Waals surface area contributed by atoms with E-state index in [9.17, 15) is 4.79 Å². The third kappa shape index (κ3) is 4.86. The van der Waals surface area contributed by atoms with Gasteiger partial charge in [0.1, 0.15) is 5.15 Å². The van der Waals surface area contributed by atoms with Gasteiger partial charge in [-0.1, -0.05) is 23.2 Å². The van der Waals surface area contributed by atoms with Crippen LogP contribution in [0.25, 0.3) is 0 Å². The summed E-state index contributed by atoms with van der Waals surface area (Å²) in [5, 5.41) is 4.09. The van der Waals surface area contributed by atoms with Crippen LogP contribution in [-0.4, -0.2) is 16.0 Å². The van der Waals surface area contributed by atoms with E-state index >= 15 is 0 Å². The van der Waals surface area contributed by atoms with E-state index in [4.69, 9.17) is 35.4 Å². The molecule has 0 atom stereocenters. The van der Waals surface area contributed by atoms with E-state index in [0.717, 1.165) is 5.69 Å². The molecule has 0 aliphatic heterocycles. The molecule has 0 fully saturated rings. The largest absolute Gasteiger partial charge is 0.331 e. The number of hydrogen-bond acceptors (Lipinski definition) is 3. The first-order valence-corrected chi connectivity index (χ1v) is 6.95. The van der Waals surface area contributed by atoms with Gasteiger partial charge < -0.3 is 5.32 Å². The van der Waals surface area contributed by atoms with Gasteiger partial charge in [-0.2, -0.15) is 0 Å². The number of aromatic nitrogens is 1. The summed E-state index contributed by atoms with van der Waals surface area (Å²) in [7, 11) is 0. The summed E-state index contributed by atoms with van der Waals surface area (Å²) in [5.41, 5.74) is 6.15. The standard InChI is InChI=1S/C13H10Cl2N4OS/c14-9-2-4-10(5-3-9)17-13(21)19-18-12(20)8-1-6-11(15)16-7-8/h1-7H,(H,18,20)(H2,17,19,21). The van der Waals surface area contributed by atoms with Crippen LogP contribution in [0.1, 0.15) is 10.4 Å². The van der Waals surface area contributed by atoms with Crippen LogP contribution >= 0.6 is 35.4 Å². The molecule has 5 nitrogen and oxygen atoms in total. The molecule has 2 rings (SSSR count). The highest BCUT2D eigenvalue weighted by Crippen LogP contribution is 2.13. The van der Waals surface area contributed by atoms with Gasteiger partial charge in [0.15, 0.2) is 5.11 Å². The van der Waals surface area contributed by atoms with Crippen molar-refractivity contribution in [3.63, 3.8) is 0 Å². The number of anilines is 1. The van der Waals surface area contributed by atoms with E-state index in [2.05, 4.69) is 21.2 Å². The lowest BCUT2D eigenvalue weighted by atomic mass is 10.3. The summed E-state index contributed by atoms with van der Waals surface area (Å²) in [6, 6.07) is 10.1. The van der Waals surface area contributed by atoms with Crippen molar-refractivity contribution in [2.24, 2.45) is 0 Å². The molecule has 1 aromatic carbocycles. The molecule has 1 aromatic heterocycles. The third-order valence-electron chi connectivity index (χ3n) is 2.38. The van der Waals surface area contributed by atoms with Gasteiger partial charge in [0.2, 0.25) is 0 Å². The molecule has 0 aliphatic rings. The lowest BCUT2D eigenvalue weighted by Gasteiger charge is -2.11. The lowest BCUT2D eigenvalue weighted by Crippen LogP contribution is -2.43. The molecule has 0 aliphatic carbocycles. The molecule has 0 bridgehead atoms. The molecule has 8 heteroatoms. The van der Waals surface area contributed by atoms with Crippen molar-refractivity contribution in [2.45, 2.75) is 0 Å². The van der Waals surface area contributed by atoms with E-state index in [-0.39, 0.29) is 11.0 Å². The number of hydrazine groups is 1. The van der Waals surface area contributed by atoms with Crippen molar-refractivity contribution in [3.8, 4) is 0 Å². The summed E-state index contributed by atoms with van der Waals surface area (Å²) in [6.45, 7) is 0. The van der Waals surface area contributed by atoms with Gasteiger partial charge >= 0.3 is 0 Å². The van der Waals surface area contributed by atoms with Gasteiger partial charge in [0, 0.05) is 16.9 Å². The Morgan fingerprint density at radius 2 is 1.76 bits per heavy atom. The number of pyridine rings is 1. The van der Waals surface area contributed by atoms with Gasteiger partial charge in [0.05, 0.1) is 5.56 Å². The first kappa shape index (κ1) is 15.5. The fourth-order valence-corrected chi connectivity index (χ4v) is 1.80. The van der Waals surface area contributed by atoms with E-state index in [0.29, 0.717) is 15.7 Å². The summed E-state index contributed by atoms with van der Waals surface area (Å²) in [5.74, 6) is -0.376. The Balaban J connectivity index is 1.84. The van der Waals surface area contributed by atoms with Crippen molar-refractivity contribution >= 4 is 52.1 Å². The first-order valence-electron chi connectivity index (χ1n) is 5.79. The highest BCUT2D eigenvalue weighted by Gasteiger charge is 2.06. The van der Waals surface area contributed by atoms with Crippen LogP contribution in [0.3, 0.4) is 0 Å². The molecule has 0 saturated carbocycles. The molecule has 1 amide bonds. The van der Waals surface area contributed by atoms with Crippen LogP contribution in [0.2, 0.25) is 10.2 Å². The molecule has 108 valence electrons. The first-order chi connectivity index (χ1) is 10.0. The maximum atomic E-state index is 11.8. The number of carbonyl (C=O) groups is 1. The van der Waals surface area contributed by atoms with Crippen molar-refractivity contribution in [1.29, 1.82) is 0 Å². The number of thiocarbonyl (C=S) groups is 1. The smallest absolute Gasteiger partial charge is 0.271 e. The highest BCUT2D eigenvalue weighted by atomic mass is 35.5. The predicted octanol–water partition coefficient (Wildman–Crippen LogP) is 3.02. The molecule has 0 unspecified atom stereocenters. The summed E-state index contributed by atoms with van der Waals surface area (Å²) >= 11 is 16.5.